The molecule has 0 aliphatic carbocycles. The van der Waals surface area contributed by atoms with Crippen LogP contribution >= 0.6 is 11.8 Å². The van der Waals surface area contributed by atoms with Gasteiger partial charge in [0.1, 0.15) is 0 Å². The first-order valence-electron chi connectivity index (χ1n) is 6.75. The predicted octanol–water partition coefficient (Wildman–Crippen LogP) is 2.32. The van der Waals surface area contributed by atoms with Gasteiger partial charge in [-0.3, -0.25) is 4.79 Å². The molecule has 1 aromatic heterocycles. The van der Waals surface area contributed by atoms with Gasteiger partial charge in [0.2, 0.25) is 5.75 Å². The van der Waals surface area contributed by atoms with Crippen LogP contribution in [0, 0.1) is 5.21 Å². The largest absolute Gasteiger partial charge is 0.618 e. The zero-order valence-electron chi connectivity index (χ0n) is 13.1. The number of Topliss-reactive ketones (excluding diaryl/α,β-unsaturated/α-hetero) is 1. The van der Waals surface area contributed by atoms with E-state index in [9.17, 15) is 10.0 Å². The summed E-state index contributed by atoms with van der Waals surface area (Å²) in [6.45, 7) is 0. The zero-order chi connectivity index (χ0) is 16.8. The Bertz CT molecular complexity index is 680. The van der Waals surface area contributed by atoms with Gasteiger partial charge in [-0.05, 0) is 30.0 Å². The molecule has 0 amide bonds. The van der Waals surface area contributed by atoms with Crippen molar-refractivity contribution >= 4 is 17.5 Å². The van der Waals surface area contributed by atoms with Crippen molar-refractivity contribution in [3.63, 3.8) is 0 Å². The summed E-state index contributed by atoms with van der Waals surface area (Å²) in [7, 11) is 4.48. The van der Waals surface area contributed by atoms with Crippen molar-refractivity contribution in [1.82, 2.24) is 0 Å². The number of nitrogens with zero attached hydrogens (tertiary/aromatic N) is 1. The Balaban J connectivity index is 2.20. The van der Waals surface area contributed by atoms with E-state index in [2.05, 4.69) is 0 Å². The maximum Gasteiger partial charge on any atom is 0.251 e. The number of carbonyl (C=O) groups excluding carboxylic acids is 1. The van der Waals surface area contributed by atoms with Crippen LogP contribution in [0.4, 0.5) is 0 Å². The second-order valence-electron chi connectivity index (χ2n) is 4.49. The van der Waals surface area contributed by atoms with Gasteiger partial charge in [-0.2, -0.15) is 4.73 Å². The van der Waals surface area contributed by atoms with Crippen LogP contribution in [0.15, 0.2) is 41.6 Å². The average Bonchev–Trinajstić information content (AvgIpc) is 2.59. The van der Waals surface area contributed by atoms with E-state index in [1.54, 1.807) is 30.3 Å². The molecule has 2 aromatic rings. The summed E-state index contributed by atoms with van der Waals surface area (Å²) >= 11 is 1.17. The highest BCUT2D eigenvalue weighted by atomic mass is 32.2. The molecule has 0 unspecified atom stereocenters. The number of pyridine rings is 1. The van der Waals surface area contributed by atoms with Crippen LogP contribution in [0.1, 0.15) is 10.4 Å². The summed E-state index contributed by atoms with van der Waals surface area (Å²) in [4.78, 5) is 12.4. The summed E-state index contributed by atoms with van der Waals surface area (Å²) in [5.74, 6) is 1.25. The molecule has 2 rings (SSSR count). The van der Waals surface area contributed by atoms with Crippen molar-refractivity contribution in [1.29, 1.82) is 0 Å². The van der Waals surface area contributed by atoms with Gasteiger partial charge in [0, 0.05) is 17.7 Å². The maximum atomic E-state index is 12.4. The molecule has 0 aliphatic rings. The Morgan fingerprint density at radius 1 is 1.13 bits per heavy atom. The molecule has 0 spiro atoms. The summed E-state index contributed by atoms with van der Waals surface area (Å²) in [6.07, 6.45) is 1.40. The van der Waals surface area contributed by atoms with Gasteiger partial charge in [-0.1, -0.05) is 0 Å². The molecular weight excluding hydrogens is 318 g/mol. The molecular formula is C16H17NO5S. The lowest BCUT2D eigenvalue weighted by Gasteiger charge is -2.13. The normalized spacial score (nSPS) is 10.2. The Labute approximate surface area is 138 Å². The first-order valence-corrected chi connectivity index (χ1v) is 7.73. The maximum absolute atomic E-state index is 12.4. The van der Waals surface area contributed by atoms with E-state index >= 15 is 0 Å². The molecule has 1 heterocycles. The lowest BCUT2D eigenvalue weighted by Crippen LogP contribution is -2.28. The second-order valence-corrected chi connectivity index (χ2v) is 5.49. The lowest BCUT2D eigenvalue weighted by molar-refractivity contribution is -0.645. The number of hydrogen-bond acceptors (Lipinski definition) is 6. The number of thioether (sulfide) groups is 1. The van der Waals surface area contributed by atoms with Gasteiger partial charge in [0.05, 0.1) is 27.1 Å². The number of methoxy groups -OCH3 is 3. The highest BCUT2D eigenvalue weighted by Gasteiger charge is 2.18. The number of aromatic nitrogens is 1. The van der Waals surface area contributed by atoms with Crippen molar-refractivity contribution in [3.8, 4) is 17.2 Å². The molecule has 23 heavy (non-hydrogen) atoms. The van der Waals surface area contributed by atoms with Crippen molar-refractivity contribution in [3.05, 3.63) is 47.3 Å². The predicted molar refractivity (Wildman–Crippen MR) is 86.6 cm³/mol. The third kappa shape index (κ3) is 3.87. The molecule has 0 bridgehead atoms. The molecule has 0 radical (unpaired) electrons. The number of rotatable bonds is 7. The molecule has 0 atom stereocenters. The van der Waals surface area contributed by atoms with Crippen molar-refractivity contribution in [2.24, 2.45) is 0 Å². The first-order chi connectivity index (χ1) is 11.1. The quantitative estimate of drug-likeness (QED) is 0.335. The minimum absolute atomic E-state index is 0.130. The Hall–Kier alpha value is -2.41. The number of carbonyl (C=O) groups is 1. The van der Waals surface area contributed by atoms with Gasteiger partial charge in [-0.25, -0.2) is 0 Å². The molecule has 0 aliphatic heterocycles. The van der Waals surface area contributed by atoms with Crippen LogP contribution in [0.5, 0.6) is 17.2 Å². The highest BCUT2D eigenvalue weighted by molar-refractivity contribution is 7.99. The molecule has 122 valence electrons. The van der Waals surface area contributed by atoms with Crippen molar-refractivity contribution in [2.45, 2.75) is 5.03 Å². The number of hydrogen-bond donors (Lipinski definition) is 0. The monoisotopic (exact) mass is 335 g/mol. The third-order valence-corrected chi connectivity index (χ3v) is 4.14. The zero-order valence-corrected chi connectivity index (χ0v) is 13.9. The SMILES string of the molecule is COc1cc(C(=O)CSc2cccc[n+]2[O-])cc(OC)c1OC. The van der Waals surface area contributed by atoms with E-state index in [0.717, 1.165) is 4.73 Å². The smallest absolute Gasteiger partial charge is 0.251 e. The van der Waals surface area contributed by atoms with Crippen LogP contribution in [-0.2, 0) is 0 Å². The molecule has 0 saturated carbocycles. The number of ether oxygens (including phenoxy) is 3. The molecule has 7 heteroatoms. The van der Waals surface area contributed by atoms with Gasteiger partial charge in [-0.15, -0.1) is 0 Å². The molecule has 0 fully saturated rings. The highest BCUT2D eigenvalue weighted by Crippen LogP contribution is 2.38. The van der Waals surface area contributed by atoms with Gasteiger partial charge in [0.25, 0.3) is 5.03 Å². The summed E-state index contributed by atoms with van der Waals surface area (Å²) in [5, 5.41) is 12.0. The second kappa shape index (κ2) is 7.73. The summed E-state index contributed by atoms with van der Waals surface area (Å²) in [5.41, 5.74) is 0.431. The molecule has 0 saturated heterocycles. The van der Waals surface area contributed by atoms with E-state index in [1.165, 1.54) is 39.3 Å². The fourth-order valence-electron chi connectivity index (χ4n) is 1.99. The molecule has 0 N–H and O–H groups in total. The molecule has 6 nitrogen and oxygen atoms in total. The van der Waals surface area contributed by atoms with E-state index in [4.69, 9.17) is 14.2 Å². The van der Waals surface area contributed by atoms with Crippen LogP contribution in [0.2, 0.25) is 0 Å². The Morgan fingerprint density at radius 3 is 2.30 bits per heavy atom. The van der Waals surface area contributed by atoms with Crippen LogP contribution in [0.3, 0.4) is 0 Å². The van der Waals surface area contributed by atoms with E-state index in [0.29, 0.717) is 27.8 Å². The summed E-state index contributed by atoms with van der Waals surface area (Å²) < 4.78 is 16.4. The minimum Gasteiger partial charge on any atom is -0.618 e. The number of ketones is 1. The van der Waals surface area contributed by atoms with Crippen LogP contribution in [-0.4, -0.2) is 32.9 Å². The first kappa shape index (κ1) is 17.0. The number of benzene rings is 1. The van der Waals surface area contributed by atoms with Crippen molar-refractivity contribution < 1.29 is 23.7 Å². The Kier molecular flexibility index (Phi) is 5.70. The van der Waals surface area contributed by atoms with E-state index < -0.39 is 0 Å². The van der Waals surface area contributed by atoms with Gasteiger partial charge < -0.3 is 19.4 Å². The average molecular weight is 335 g/mol. The fraction of sp³-hybridized carbons (Fsp3) is 0.250. The topological polar surface area (TPSA) is 71.7 Å². The van der Waals surface area contributed by atoms with Crippen LogP contribution in [0.25, 0.3) is 0 Å². The molecule has 1 aromatic carbocycles. The van der Waals surface area contributed by atoms with Gasteiger partial charge in [0.15, 0.2) is 23.5 Å². The van der Waals surface area contributed by atoms with E-state index in [1.807, 2.05) is 0 Å². The Morgan fingerprint density at radius 2 is 1.78 bits per heavy atom. The minimum atomic E-state index is -0.141. The van der Waals surface area contributed by atoms with E-state index in [-0.39, 0.29) is 11.5 Å². The summed E-state index contributed by atoms with van der Waals surface area (Å²) in [6, 6.07) is 8.25. The van der Waals surface area contributed by atoms with Gasteiger partial charge >= 0.3 is 0 Å². The standard InChI is InChI=1S/C16H17NO5S/c1-20-13-8-11(9-14(21-2)16(13)22-3)12(18)10-23-15-6-4-5-7-17(15)19/h4-9H,10H2,1-3H3. The lowest BCUT2D eigenvalue weighted by atomic mass is 10.1. The fourth-order valence-corrected chi connectivity index (χ4v) is 2.80. The third-order valence-electron chi connectivity index (χ3n) is 3.13. The van der Waals surface area contributed by atoms with Crippen molar-refractivity contribution in [2.75, 3.05) is 27.1 Å². The van der Waals surface area contributed by atoms with Crippen LogP contribution < -0.4 is 18.9 Å².